The molecule has 4 rings (SSSR count). The second-order valence-corrected chi connectivity index (χ2v) is 7.23. The normalized spacial score (nSPS) is 10.9. The van der Waals surface area contributed by atoms with E-state index in [0.29, 0.717) is 23.7 Å². The number of nitrogens with zero attached hydrogens (tertiary/aromatic N) is 3. The number of anilines is 1. The number of amides is 1. The molecule has 30 heavy (non-hydrogen) atoms. The van der Waals surface area contributed by atoms with Crippen molar-refractivity contribution >= 4 is 11.6 Å². The van der Waals surface area contributed by atoms with E-state index in [1.807, 2.05) is 36.9 Å². The highest BCUT2D eigenvalue weighted by Crippen LogP contribution is 2.24. The van der Waals surface area contributed by atoms with Crippen LogP contribution in [0.15, 0.2) is 59.3 Å². The van der Waals surface area contributed by atoms with Crippen molar-refractivity contribution in [1.82, 2.24) is 14.8 Å². The van der Waals surface area contributed by atoms with Gasteiger partial charge in [-0.05, 0) is 68.3 Å². The fourth-order valence-corrected chi connectivity index (χ4v) is 3.04. The fraction of sp³-hybridized carbons (Fsp3) is 0.174. The van der Waals surface area contributed by atoms with Crippen molar-refractivity contribution in [3.8, 4) is 11.5 Å². The van der Waals surface area contributed by atoms with Crippen LogP contribution in [0, 0.1) is 26.6 Å². The van der Waals surface area contributed by atoms with Crippen LogP contribution >= 0.6 is 0 Å². The number of benzene rings is 2. The molecular formula is C23H21FN4O2. The van der Waals surface area contributed by atoms with E-state index in [0.717, 1.165) is 22.6 Å². The number of aryl methyl sites for hydroxylation is 3. The largest absolute Gasteiger partial charge is 0.441 e. The van der Waals surface area contributed by atoms with Crippen LogP contribution in [0.25, 0.3) is 11.5 Å². The number of carbonyl (C=O) groups is 1. The van der Waals surface area contributed by atoms with Crippen LogP contribution < -0.4 is 5.32 Å². The first-order valence-corrected chi connectivity index (χ1v) is 9.52. The monoisotopic (exact) mass is 404 g/mol. The maximum atomic E-state index is 13.7. The third kappa shape index (κ3) is 4.15. The molecule has 7 heteroatoms. The summed E-state index contributed by atoms with van der Waals surface area (Å²) >= 11 is 0. The molecule has 0 radical (unpaired) electrons. The highest BCUT2D eigenvalue weighted by Gasteiger charge is 2.13. The topological polar surface area (TPSA) is 73.0 Å². The minimum Gasteiger partial charge on any atom is -0.441 e. The molecule has 1 amide bonds. The van der Waals surface area contributed by atoms with Gasteiger partial charge in [-0.3, -0.25) is 9.48 Å². The van der Waals surface area contributed by atoms with E-state index in [1.165, 1.54) is 6.07 Å². The Morgan fingerprint density at radius 1 is 1.13 bits per heavy atom. The summed E-state index contributed by atoms with van der Waals surface area (Å²) in [5.41, 5.74) is 4.05. The molecule has 0 spiro atoms. The highest BCUT2D eigenvalue weighted by atomic mass is 19.1. The minimum atomic E-state index is -0.404. The van der Waals surface area contributed by atoms with Crippen LogP contribution in [-0.2, 0) is 6.54 Å². The lowest BCUT2D eigenvalue weighted by Crippen LogP contribution is -2.12. The first kappa shape index (κ1) is 19.6. The maximum absolute atomic E-state index is 13.7. The number of oxazole rings is 1. The van der Waals surface area contributed by atoms with Crippen LogP contribution in [0.3, 0.4) is 0 Å². The summed E-state index contributed by atoms with van der Waals surface area (Å²) in [6.07, 6.45) is 3.75. The molecular weight excluding hydrogens is 383 g/mol. The molecule has 0 aliphatic heterocycles. The van der Waals surface area contributed by atoms with Gasteiger partial charge in [0.2, 0.25) is 5.89 Å². The molecule has 0 aliphatic rings. The van der Waals surface area contributed by atoms with Gasteiger partial charge in [0, 0.05) is 23.0 Å². The van der Waals surface area contributed by atoms with Gasteiger partial charge in [-0.25, -0.2) is 9.37 Å². The number of nitrogens with one attached hydrogen (secondary N) is 1. The third-order valence-electron chi connectivity index (χ3n) is 4.79. The van der Waals surface area contributed by atoms with Crippen molar-refractivity contribution in [2.75, 3.05) is 5.32 Å². The van der Waals surface area contributed by atoms with Gasteiger partial charge in [-0.2, -0.15) is 5.10 Å². The number of hydrogen-bond acceptors (Lipinski definition) is 4. The summed E-state index contributed by atoms with van der Waals surface area (Å²) in [7, 11) is 0. The number of rotatable bonds is 5. The molecule has 4 aromatic rings. The Kier molecular flexibility index (Phi) is 5.18. The number of aromatic nitrogens is 3. The highest BCUT2D eigenvalue weighted by molar-refractivity contribution is 6.04. The van der Waals surface area contributed by atoms with E-state index in [2.05, 4.69) is 15.4 Å². The first-order chi connectivity index (χ1) is 14.4. The lowest BCUT2D eigenvalue weighted by molar-refractivity contribution is 0.102. The Bertz CT molecular complexity index is 1210. The summed E-state index contributed by atoms with van der Waals surface area (Å²) in [4.78, 5) is 16.9. The average Bonchev–Trinajstić information content (AvgIpc) is 3.30. The van der Waals surface area contributed by atoms with Crippen molar-refractivity contribution in [1.29, 1.82) is 0 Å². The molecule has 0 bridgehead atoms. The van der Waals surface area contributed by atoms with Gasteiger partial charge < -0.3 is 9.73 Å². The quantitative estimate of drug-likeness (QED) is 0.513. The van der Waals surface area contributed by atoms with Crippen molar-refractivity contribution in [2.24, 2.45) is 0 Å². The third-order valence-corrected chi connectivity index (χ3v) is 4.79. The fourth-order valence-electron chi connectivity index (χ4n) is 3.04. The van der Waals surface area contributed by atoms with Crippen LogP contribution in [-0.4, -0.2) is 20.7 Å². The smallest absolute Gasteiger partial charge is 0.255 e. The van der Waals surface area contributed by atoms with Crippen molar-refractivity contribution in [3.05, 3.63) is 88.8 Å². The Labute approximate surface area is 173 Å². The van der Waals surface area contributed by atoms with E-state index in [-0.39, 0.29) is 11.5 Å². The average molecular weight is 404 g/mol. The molecule has 2 aromatic carbocycles. The Balaban J connectivity index is 1.47. The SMILES string of the molecule is Cc1cnn(Cc2nc(-c3ccc(NC(=O)c4ccc(C)c(F)c4)cc3)oc2C)c1. The van der Waals surface area contributed by atoms with Gasteiger partial charge in [0.1, 0.15) is 17.3 Å². The predicted octanol–water partition coefficient (Wildman–Crippen LogP) is 4.90. The lowest BCUT2D eigenvalue weighted by Gasteiger charge is -2.06. The van der Waals surface area contributed by atoms with Crippen molar-refractivity contribution in [2.45, 2.75) is 27.3 Å². The molecule has 1 N–H and O–H groups in total. The zero-order valence-electron chi connectivity index (χ0n) is 16.9. The molecule has 0 unspecified atom stereocenters. The summed E-state index contributed by atoms with van der Waals surface area (Å²) < 4.78 is 21.3. The molecule has 2 heterocycles. The molecule has 0 saturated carbocycles. The van der Waals surface area contributed by atoms with E-state index in [1.54, 1.807) is 37.4 Å². The summed E-state index contributed by atoms with van der Waals surface area (Å²) in [5, 5.41) is 7.05. The summed E-state index contributed by atoms with van der Waals surface area (Å²) in [6.45, 7) is 6.05. The van der Waals surface area contributed by atoms with Gasteiger partial charge >= 0.3 is 0 Å². The van der Waals surface area contributed by atoms with Crippen LogP contribution in [0.5, 0.6) is 0 Å². The van der Waals surface area contributed by atoms with Crippen LogP contribution in [0.4, 0.5) is 10.1 Å². The van der Waals surface area contributed by atoms with Crippen LogP contribution in [0.1, 0.15) is 32.9 Å². The Hall–Kier alpha value is -3.74. The maximum Gasteiger partial charge on any atom is 0.255 e. The Morgan fingerprint density at radius 2 is 1.90 bits per heavy atom. The molecule has 152 valence electrons. The Morgan fingerprint density at radius 3 is 2.57 bits per heavy atom. The number of halogens is 1. The zero-order valence-corrected chi connectivity index (χ0v) is 16.9. The number of carbonyl (C=O) groups excluding carboxylic acids is 1. The van der Waals surface area contributed by atoms with Crippen molar-refractivity contribution < 1.29 is 13.6 Å². The minimum absolute atomic E-state index is 0.268. The molecule has 6 nitrogen and oxygen atoms in total. The second kappa shape index (κ2) is 7.94. The molecule has 0 saturated heterocycles. The van der Waals surface area contributed by atoms with Crippen LogP contribution in [0.2, 0.25) is 0 Å². The van der Waals surface area contributed by atoms with E-state index < -0.39 is 5.82 Å². The molecule has 0 aliphatic carbocycles. The van der Waals surface area contributed by atoms with Crippen molar-refractivity contribution in [3.63, 3.8) is 0 Å². The second-order valence-electron chi connectivity index (χ2n) is 7.23. The first-order valence-electron chi connectivity index (χ1n) is 9.52. The molecule has 2 aromatic heterocycles. The van der Waals surface area contributed by atoms with Gasteiger partial charge in [0.15, 0.2) is 0 Å². The van der Waals surface area contributed by atoms with E-state index >= 15 is 0 Å². The summed E-state index contributed by atoms with van der Waals surface area (Å²) in [5.74, 6) is 0.463. The zero-order chi connectivity index (χ0) is 21.3. The summed E-state index contributed by atoms with van der Waals surface area (Å²) in [6, 6.07) is 11.6. The van der Waals surface area contributed by atoms with Gasteiger partial charge in [-0.15, -0.1) is 0 Å². The van der Waals surface area contributed by atoms with Gasteiger partial charge in [0.25, 0.3) is 5.91 Å². The number of hydrogen-bond donors (Lipinski definition) is 1. The van der Waals surface area contributed by atoms with E-state index in [4.69, 9.17) is 4.42 Å². The molecule has 0 fully saturated rings. The standard InChI is InChI=1S/C23H21FN4O2/c1-14-11-25-28(12-14)13-21-16(3)30-23(27-21)17-6-8-19(9-7-17)26-22(29)18-5-4-15(2)20(24)10-18/h4-12H,13H2,1-3H3,(H,26,29). The molecule has 0 atom stereocenters. The predicted molar refractivity (Wildman–Crippen MR) is 112 cm³/mol. The van der Waals surface area contributed by atoms with Gasteiger partial charge in [0.05, 0.1) is 12.7 Å². The lowest BCUT2D eigenvalue weighted by atomic mass is 10.1. The van der Waals surface area contributed by atoms with E-state index in [9.17, 15) is 9.18 Å². The van der Waals surface area contributed by atoms with Gasteiger partial charge in [-0.1, -0.05) is 6.07 Å².